The Balaban J connectivity index is 1.90. The molecule has 140 valence electrons. The van der Waals surface area contributed by atoms with Crippen molar-refractivity contribution >= 4 is 0 Å². The Labute approximate surface area is 164 Å². The number of rotatable bonds is 7. The molecule has 3 rings (SSSR count). The highest BCUT2D eigenvalue weighted by molar-refractivity contribution is 5.37. The zero-order valence-electron chi connectivity index (χ0n) is 16.9. The standard InChI is InChI=1S/C26H30O/c1-21-13-11-12-18-24(21)27-20-19-26(4,23-16-9-6-10-17-23)25(2,3)22-14-7-5-8-15-22/h5-18H,19-20H2,1-4H3. The molecule has 0 aliphatic carbocycles. The van der Waals surface area contributed by atoms with E-state index in [1.54, 1.807) is 0 Å². The summed E-state index contributed by atoms with van der Waals surface area (Å²) in [6, 6.07) is 29.9. The van der Waals surface area contributed by atoms with Crippen molar-refractivity contribution in [1.82, 2.24) is 0 Å². The minimum Gasteiger partial charge on any atom is -0.493 e. The lowest BCUT2D eigenvalue weighted by Gasteiger charge is -2.45. The molecule has 3 aromatic rings. The Morgan fingerprint density at radius 2 is 1.19 bits per heavy atom. The van der Waals surface area contributed by atoms with Crippen molar-refractivity contribution in [2.75, 3.05) is 6.61 Å². The molecule has 0 radical (unpaired) electrons. The van der Waals surface area contributed by atoms with Crippen molar-refractivity contribution < 1.29 is 4.74 Å². The fourth-order valence-electron chi connectivity index (χ4n) is 3.88. The van der Waals surface area contributed by atoms with Crippen molar-refractivity contribution in [2.24, 2.45) is 0 Å². The van der Waals surface area contributed by atoms with Gasteiger partial charge in [0, 0.05) is 5.41 Å². The van der Waals surface area contributed by atoms with Gasteiger partial charge in [0.2, 0.25) is 0 Å². The summed E-state index contributed by atoms with van der Waals surface area (Å²) in [6.45, 7) is 9.86. The summed E-state index contributed by atoms with van der Waals surface area (Å²) in [4.78, 5) is 0. The summed E-state index contributed by atoms with van der Waals surface area (Å²) >= 11 is 0. The molecule has 0 aromatic heterocycles. The summed E-state index contributed by atoms with van der Waals surface area (Å²) in [5.41, 5.74) is 3.80. The molecule has 0 bridgehead atoms. The van der Waals surface area contributed by atoms with Gasteiger partial charge >= 0.3 is 0 Å². The van der Waals surface area contributed by atoms with Crippen LogP contribution < -0.4 is 4.74 Å². The van der Waals surface area contributed by atoms with Crippen molar-refractivity contribution in [2.45, 2.75) is 44.9 Å². The number of benzene rings is 3. The smallest absolute Gasteiger partial charge is 0.122 e. The fourth-order valence-corrected chi connectivity index (χ4v) is 3.88. The number of aryl methyl sites for hydroxylation is 1. The normalized spacial score (nSPS) is 13.8. The third-order valence-corrected chi connectivity index (χ3v) is 6.24. The topological polar surface area (TPSA) is 9.23 Å². The zero-order valence-corrected chi connectivity index (χ0v) is 16.9. The lowest BCUT2D eigenvalue weighted by Crippen LogP contribution is -2.44. The average Bonchev–Trinajstić information content (AvgIpc) is 2.70. The van der Waals surface area contributed by atoms with E-state index in [0.717, 1.165) is 12.2 Å². The summed E-state index contributed by atoms with van der Waals surface area (Å²) in [5.74, 6) is 0.977. The molecule has 27 heavy (non-hydrogen) atoms. The van der Waals surface area contributed by atoms with Gasteiger partial charge in [-0.3, -0.25) is 0 Å². The van der Waals surface area contributed by atoms with E-state index in [2.05, 4.69) is 107 Å². The molecule has 0 saturated heterocycles. The van der Waals surface area contributed by atoms with Crippen LogP contribution in [0.25, 0.3) is 0 Å². The van der Waals surface area contributed by atoms with Crippen molar-refractivity contribution in [3.05, 3.63) is 102 Å². The van der Waals surface area contributed by atoms with Crippen molar-refractivity contribution in [3.8, 4) is 5.75 Å². The summed E-state index contributed by atoms with van der Waals surface area (Å²) < 4.78 is 6.19. The van der Waals surface area contributed by atoms with Crippen LogP contribution in [-0.2, 0) is 10.8 Å². The predicted octanol–water partition coefficient (Wildman–Crippen LogP) is 6.70. The maximum absolute atomic E-state index is 6.19. The molecule has 1 unspecified atom stereocenters. The molecule has 0 fully saturated rings. The fraction of sp³-hybridized carbons (Fsp3) is 0.308. The molecule has 0 aliphatic rings. The first-order valence-corrected chi connectivity index (χ1v) is 9.75. The second-order valence-corrected chi connectivity index (χ2v) is 8.05. The van der Waals surface area contributed by atoms with Gasteiger partial charge in [-0.15, -0.1) is 0 Å². The van der Waals surface area contributed by atoms with Crippen LogP contribution in [0.3, 0.4) is 0 Å². The first-order valence-electron chi connectivity index (χ1n) is 9.75. The third-order valence-electron chi connectivity index (χ3n) is 6.24. The van der Waals surface area contributed by atoms with Gasteiger partial charge in [0.1, 0.15) is 5.75 Å². The summed E-state index contributed by atoms with van der Waals surface area (Å²) in [5, 5.41) is 0. The highest BCUT2D eigenvalue weighted by Crippen LogP contribution is 2.46. The molecule has 0 aliphatic heterocycles. The first kappa shape index (κ1) is 19.2. The van der Waals surface area contributed by atoms with Crippen LogP contribution in [0.5, 0.6) is 5.75 Å². The highest BCUT2D eigenvalue weighted by Gasteiger charge is 2.43. The van der Waals surface area contributed by atoms with Gasteiger partial charge < -0.3 is 4.74 Å². The molecule has 0 spiro atoms. The molecule has 3 aromatic carbocycles. The largest absolute Gasteiger partial charge is 0.493 e. The first-order chi connectivity index (χ1) is 12.9. The second-order valence-electron chi connectivity index (χ2n) is 8.05. The maximum atomic E-state index is 6.19. The minimum absolute atomic E-state index is 0.0370. The van der Waals surface area contributed by atoms with Gasteiger partial charge in [0.05, 0.1) is 6.61 Å². The maximum Gasteiger partial charge on any atom is 0.122 e. The monoisotopic (exact) mass is 358 g/mol. The van der Waals surface area contributed by atoms with E-state index in [1.165, 1.54) is 16.7 Å². The van der Waals surface area contributed by atoms with E-state index in [4.69, 9.17) is 4.74 Å². The quantitative estimate of drug-likeness (QED) is 0.456. The van der Waals surface area contributed by atoms with Crippen LogP contribution in [0.2, 0.25) is 0 Å². The van der Waals surface area contributed by atoms with Crippen LogP contribution in [-0.4, -0.2) is 6.61 Å². The average molecular weight is 359 g/mol. The van der Waals surface area contributed by atoms with E-state index in [0.29, 0.717) is 6.61 Å². The highest BCUT2D eigenvalue weighted by atomic mass is 16.5. The lowest BCUT2D eigenvalue weighted by atomic mass is 9.58. The molecule has 0 heterocycles. The number of ether oxygens (including phenoxy) is 1. The van der Waals surface area contributed by atoms with Gasteiger partial charge in [0.25, 0.3) is 0 Å². The Morgan fingerprint density at radius 1 is 0.667 bits per heavy atom. The van der Waals surface area contributed by atoms with Crippen LogP contribution in [0.15, 0.2) is 84.9 Å². The van der Waals surface area contributed by atoms with Crippen LogP contribution in [0.1, 0.15) is 43.9 Å². The van der Waals surface area contributed by atoms with Gasteiger partial charge in [-0.05, 0) is 41.5 Å². The Kier molecular flexibility index (Phi) is 5.70. The van der Waals surface area contributed by atoms with Gasteiger partial charge in [0.15, 0.2) is 0 Å². The molecule has 1 nitrogen and oxygen atoms in total. The number of hydrogen-bond acceptors (Lipinski definition) is 1. The molecule has 0 N–H and O–H groups in total. The minimum atomic E-state index is -0.0572. The van der Waals surface area contributed by atoms with Crippen molar-refractivity contribution in [1.29, 1.82) is 0 Å². The lowest BCUT2D eigenvalue weighted by molar-refractivity contribution is 0.198. The molecule has 0 amide bonds. The Bertz CT molecular complexity index is 852. The van der Waals surface area contributed by atoms with E-state index in [9.17, 15) is 0 Å². The van der Waals surface area contributed by atoms with Gasteiger partial charge in [-0.1, -0.05) is 99.6 Å². The molecular formula is C26H30O. The van der Waals surface area contributed by atoms with Crippen LogP contribution in [0.4, 0.5) is 0 Å². The number of para-hydroxylation sites is 1. The van der Waals surface area contributed by atoms with Gasteiger partial charge in [-0.2, -0.15) is 0 Å². The van der Waals surface area contributed by atoms with Crippen molar-refractivity contribution in [3.63, 3.8) is 0 Å². The second kappa shape index (κ2) is 8.00. The summed E-state index contributed by atoms with van der Waals surface area (Å²) in [7, 11) is 0. The summed E-state index contributed by atoms with van der Waals surface area (Å²) in [6.07, 6.45) is 0.938. The van der Waals surface area contributed by atoms with E-state index in [-0.39, 0.29) is 10.8 Å². The van der Waals surface area contributed by atoms with E-state index >= 15 is 0 Å². The molecule has 1 heteroatoms. The number of hydrogen-bond donors (Lipinski definition) is 0. The molecule has 0 saturated carbocycles. The van der Waals surface area contributed by atoms with E-state index < -0.39 is 0 Å². The Morgan fingerprint density at radius 3 is 1.78 bits per heavy atom. The predicted molar refractivity (Wildman–Crippen MR) is 115 cm³/mol. The van der Waals surface area contributed by atoms with Crippen LogP contribution >= 0.6 is 0 Å². The van der Waals surface area contributed by atoms with Gasteiger partial charge in [-0.25, -0.2) is 0 Å². The molecular weight excluding hydrogens is 328 g/mol. The Hall–Kier alpha value is -2.54. The van der Waals surface area contributed by atoms with Crippen LogP contribution in [0, 0.1) is 6.92 Å². The SMILES string of the molecule is Cc1ccccc1OCCC(C)(c1ccccc1)C(C)(C)c1ccccc1. The van der Waals surface area contributed by atoms with E-state index in [1.807, 2.05) is 6.07 Å². The zero-order chi connectivity index (χ0) is 19.3. The third kappa shape index (κ3) is 3.93. The molecule has 1 atom stereocenters.